The number of hydrogen-bond donors (Lipinski definition) is 6. The van der Waals surface area contributed by atoms with Gasteiger partial charge in [0.2, 0.25) is 5.95 Å². The van der Waals surface area contributed by atoms with Crippen LogP contribution in [0.25, 0.3) is 11.0 Å². The zero-order chi connectivity index (χ0) is 24.3. The van der Waals surface area contributed by atoms with Crippen LogP contribution in [0.5, 0.6) is 0 Å². The Morgan fingerprint density at radius 1 is 1.24 bits per heavy atom. The smallest absolute Gasteiger partial charge is 0.326 e. The zero-order valence-corrected chi connectivity index (χ0v) is 18.1. The molecule has 33 heavy (non-hydrogen) atoms. The molecule has 0 aliphatic carbocycles. The van der Waals surface area contributed by atoms with E-state index < -0.39 is 41.8 Å². The van der Waals surface area contributed by atoms with E-state index in [9.17, 15) is 29.1 Å². The highest BCUT2D eigenvalue weighted by Gasteiger charge is 2.23. The van der Waals surface area contributed by atoms with E-state index in [1.165, 1.54) is 23.4 Å². The Morgan fingerprint density at radius 2 is 1.97 bits per heavy atom. The second kappa shape index (κ2) is 9.52. The zero-order valence-electron chi connectivity index (χ0n) is 17.2. The summed E-state index contributed by atoms with van der Waals surface area (Å²) in [6, 6.07) is 1.51. The van der Waals surface area contributed by atoms with Gasteiger partial charge in [0, 0.05) is 24.5 Å². The fourth-order valence-corrected chi connectivity index (χ4v) is 3.91. The lowest BCUT2D eigenvalue weighted by atomic mass is 10.1. The first kappa shape index (κ1) is 23.5. The molecule has 0 aliphatic heterocycles. The first-order chi connectivity index (χ1) is 15.5. The Hall–Kier alpha value is -4.20. The average Bonchev–Trinajstić information content (AvgIpc) is 3.37. The highest BCUT2D eigenvalue weighted by Crippen LogP contribution is 2.19. The maximum atomic E-state index is 12.8. The maximum Gasteiger partial charge on any atom is 0.326 e. The summed E-state index contributed by atoms with van der Waals surface area (Å²) < 4.78 is 0. The normalized spacial score (nSPS) is 11.8. The molecule has 0 saturated heterocycles. The number of thiophene rings is 1. The molecule has 7 N–H and O–H groups in total. The molecule has 0 aromatic carbocycles. The van der Waals surface area contributed by atoms with Crippen LogP contribution in [0.15, 0.2) is 22.3 Å². The molecule has 3 heterocycles. The number of nitrogens with zero attached hydrogens (tertiary/aromatic N) is 2. The molecule has 0 fully saturated rings. The van der Waals surface area contributed by atoms with E-state index in [0.29, 0.717) is 11.1 Å². The summed E-state index contributed by atoms with van der Waals surface area (Å²) in [5, 5.41) is 21.8. The standard InChI is InChI=1S/C19H20N6O7S/c1-25(6-9-5-10-14(21-9)23-19(20)24-16(10)29)17(30)12-4-8(7-33-12)15(28)22-11(18(31)32)2-3-13(26)27/h4-5,7,11H,2-3,6H2,1H3,(H,22,28)(H,26,27)(H,31,32)(H4,20,21,23,24,29)/t11-/m0/s1. The van der Waals surface area contributed by atoms with Crippen LogP contribution in [-0.2, 0) is 16.1 Å². The average molecular weight is 476 g/mol. The third kappa shape index (κ3) is 5.54. The van der Waals surface area contributed by atoms with Crippen LogP contribution in [-0.4, -0.2) is 66.9 Å². The number of nitrogen functional groups attached to an aromatic ring is 1. The highest BCUT2D eigenvalue weighted by molar-refractivity contribution is 7.12. The molecule has 1 atom stereocenters. The van der Waals surface area contributed by atoms with Crippen LogP contribution in [0.4, 0.5) is 5.95 Å². The maximum absolute atomic E-state index is 12.8. The van der Waals surface area contributed by atoms with E-state index in [2.05, 4.69) is 20.3 Å². The summed E-state index contributed by atoms with van der Waals surface area (Å²) in [6.45, 7) is 0.115. The molecule has 174 valence electrons. The van der Waals surface area contributed by atoms with Crippen LogP contribution < -0.4 is 16.6 Å². The third-order valence-corrected chi connectivity index (χ3v) is 5.57. The van der Waals surface area contributed by atoms with Crippen LogP contribution in [0.2, 0.25) is 0 Å². The Labute approximate surface area is 189 Å². The number of carbonyl (C=O) groups is 4. The number of carboxylic acids is 2. The van der Waals surface area contributed by atoms with Gasteiger partial charge in [-0.15, -0.1) is 11.3 Å². The van der Waals surface area contributed by atoms with E-state index in [1.807, 2.05) is 0 Å². The van der Waals surface area contributed by atoms with Gasteiger partial charge >= 0.3 is 11.9 Å². The molecule has 2 amide bonds. The Kier molecular flexibility index (Phi) is 6.77. The molecular formula is C19H20N6O7S. The largest absolute Gasteiger partial charge is 0.481 e. The number of carboxylic acid groups (broad SMARTS) is 2. The number of rotatable bonds is 9. The number of aromatic amines is 2. The molecule has 0 unspecified atom stereocenters. The number of aromatic nitrogens is 3. The van der Waals surface area contributed by atoms with Gasteiger partial charge in [-0.1, -0.05) is 0 Å². The van der Waals surface area contributed by atoms with Gasteiger partial charge in [0.05, 0.1) is 22.4 Å². The number of nitrogens with two attached hydrogens (primary N) is 1. The Balaban J connectivity index is 1.67. The lowest BCUT2D eigenvalue weighted by molar-refractivity contribution is -0.140. The molecule has 0 bridgehead atoms. The molecule has 13 nitrogen and oxygen atoms in total. The van der Waals surface area contributed by atoms with Crippen LogP contribution in [0, 0.1) is 0 Å². The number of nitrogens with one attached hydrogen (secondary N) is 3. The minimum atomic E-state index is -1.37. The third-order valence-electron chi connectivity index (χ3n) is 4.65. The van der Waals surface area contributed by atoms with E-state index in [0.717, 1.165) is 11.3 Å². The van der Waals surface area contributed by atoms with Crippen molar-refractivity contribution in [1.82, 2.24) is 25.2 Å². The lowest BCUT2D eigenvalue weighted by Crippen LogP contribution is -2.41. The van der Waals surface area contributed by atoms with Gasteiger partial charge in [0.15, 0.2) is 0 Å². The van der Waals surface area contributed by atoms with Gasteiger partial charge in [-0.2, -0.15) is 4.98 Å². The molecule has 3 rings (SSSR count). The van der Waals surface area contributed by atoms with Crippen molar-refractivity contribution in [2.24, 2.45) is 0 Å². The molecule has 3 aromatic heterocycles. The van der Waals surface area contributed by atoms with Crippen molar-refractivity contribution >= 4 is 52.1 Å². The molecule has 0 spiro atoms. The van der Waals surface area contributed by atoms with Crippen molar-refractivity contribution in [2.75, 3.05) is 12.8 Å². The SMILES string of the molecule is CN(Cc1cc2c(=O)[nH]c(N)nc2[nH]1)C(=O)c1cc(C(=O)N[C@@H](CCC(=O)O)C(=O)O)cs1. The van der Waals surface area contributed by atoms with Gasteiger partial charge in [-0.05, 0) is 18.6 Å². The minimum Gasteiger partial charge on any atom is -0.481 e. The van der Waals surface area contributed by atoms with Gasteiger partial charge in [0.25, 0.3) is 17.4 Å². The van der Waals surface area contributed by atoms with Crippen LogP contribution in [0.1, 0.15) is 38.6 Å². The van der Waals surface area contributed by atoms with Crippen molar-refractivity contribution in [3.05, 3.63) is 44.0 Å². The first-order valence-corrected chi connectivity index (χ1v) is 10.4. The summed E-state index contributed by atoms with van der Waals surface area (Å²) in [5.74, 6) is -3.71. The number of anilines is 1. The van der Waals surface area contributed by atoms with Crippen molar-refractivity contribution in [3.8, 4) is 0 Å². The monoisotopic (exact) mass is 476 g/mol. The minimum absolute atomic E-state index is 0.0391. The second-order valence-electron chi connectivity index (χ2n) is 7.17. The highest BCUT2D eigenvalue weighted by atomic mass is 32.1. The topological polar surface area (TPSA) is 212 Å². The van der Waals surface area contributed by atoms with Crippen LogP contribution in [0.3, 0.4) is 0 Å². The molecule has 0 radical (unpaired) electrons. The summed E-state index contributed by atoms with van der Waals surface area (Å²) in [4.78, 5) is 69.9. The van der Waals surface area contributed by atoms with Crippen molar-refractivity contribution < 1.29 is 29.4 Å². The number of H-pyrrole nitrogens is 2. The van der Waals surface area contributed by atoms with Gasteiger partial charge in [-0.25, -0.2) is 4.79 Å². The van der Waals surface area contributed by atoms with E-state index >= 15 is 0 Å². The van der Waals surface area contributed by atoms with Crippen molar-refractivity contribution in [2.45, 2.75) is 25.4 Å². The predicted octanol–water partition coefficient (Wildman–Crippen LogP) is 0.215. The number of fused-ring (bicyclic) bond motifs is 1. The molecule has 0 saturated carbocycles. The fourth-order valence-electron chi connectivity index (χ4n) is 3.03. The first-order valence-electron chi connectivity index (χ1n) is 9.52. The molecule has 0 aliphatic rings. The number of amides is 2. The molecule has 14 heteroatoms. The Morgan fingerprint density at radius 3 is 2.64 bits per heavy atom. The van der Waals surface area contributed by atoms with E-state index in [4.69, 9.17) is 10.8 Å². The second-order valence-corrected chi connectivity index (χ2v) is 8.08. The van der Waals surface area contributed by atoms with Gasteiger partial charge < -0.3 is 31.1 Å². The molecule has 3 aromatic rings. The fraction of sp³-hybridized carbons (Fsp3) is 0.263. The summed E-state index contributed by atoms with van der Waals surface area (Å²) in [5.41, 5.74) is 6.02. The Bertz CT molecular complexity index is 1290. The summed E-state index contributed by atoms with van der Waals surface area (Å²) >= 11 is 1.00. The lowest BCUT2D eigenvalue weighted by Gasteiger charge is -2.15. The number of hydrogen-bond acceptors (Lipinski definition) is 8. The number of aliphatic carboxylic acids is 2. The van der Waals surface area contributed by atoms with Crippen LogP contribution >= 0.6 is 11.3 Å². The van der Waals surface area contributed by atoms with E-state index in [1.54, 1.807) is 6.07 Å². The summed E-state index contributed by atoms with van der Waals surface area (Å²) in [7, 11) is 1.53. The summed E-state index contributed by atoms with van der Waals surface area (Å²) in [6.07, 6.45) is -0.694. The quantitative estimate of drug-likeness (QED) is 0.249. The van der Waals surface area contributed by atoms with Gasteiger partial charge in [0.1, 0.15) is 11.7 Å². The van der Waals surface area contributed by atoms with Crippen molar-refractivity contribution in [3.63, 3.8) is 0 Å². The molecular weight excluding hydrogens is 456 g/mol. The van der Waals surface area contributed by atoms with E-state index in [-0.39, 0.29) is 35.0 Å². The number of carbonyl (C=O) groups excluding carboxylic acids is 2. The van der Waals surface area contributed by atoms with Gasteiger partial charge in [-0.3, -0.25) is 24.2 Å². The predicted molar refractivity (Wildman–Crippen MR) is 117 cm³/mol. The van der Waals surface area contributed by atoms with Crippen molar-refractivity contribution in [1.29, 1.82) is 0 Å².